The van der Waals surface area contributed by atoms with Gasteiger partial charge in [0.25, 0.3) is 0 Å². The molecule has 0 fully saturated rings. The van der Waals surface area contributed by atoms with E-state index in [2.05, 4.69) is 109 Å². The summed E-state index contributed by atoms with van der Waals surface area (Å²) in [5.41, 5.74) is 20.3. The molecule has 0 radical (unpaired) electrons. The van der Waals surface area contributed by atoms with Crippen molar-refractivity contribution >= 4 is 119 Å². The third kappa shape index (κ3) is 31.0. The Morgan fingerprint density at radius 3 is 1.20 bits per heavy atom. The van der Waals surface area contributed by atoms with Gasteiger partial charge in [-0.1, -0.05) is 109 Å². The highest BCUT2D eigenvalue weighted by Gasteiger charge is 2.39. The maximum atomic E-state index is 15.5. The van der Waals surface area contributed by atoms with Gasteiger partial charge in [-0.25, -0.2) is 9.78 Å². The summed E-state index contributed by atoms with van der Waals surface area (Å²) in [7, 11) is 0. The number of hydrogen-bond donors (Lipinski definition) is 24. The van der Waals surface area contributed by atoms with E-state index >= 15 is 19.2 Å². The van der Waals surface area contributed by atoms with E-state index in [1.165, 1.54) is 19.4 Å². The molecule has 0 aliphatic carbocycles. The van der Waals surface area contributed by atoms with Gasteiger partial charge < -0.3 is 117 Å². The summed E-state index contributed by atoms with van der Waals surface area (Å²) in [6.07, 6.45) is 0.805. The number of aliphatic hydroxyl groups excluding tert-OH is 3. The van der Waals surface area contributed by atoms with Gasteiger partial charge in [0.15, 0.2) is 0 Å². The van der Waals surface area contributed by atoms with Crippen molar-refractivity contribution in [2.75, 3.05) is 37.7 Å². The number of benzene rings is 4. The van der Waals surface area contributed by atoms with Crippen molar-refractivity contribution in [3.8, 4) is 0 Å². The number of thiol groups is 2. The lowest BCUT2D eigenvalue weighted by molar-refractivity contribution is -0.142. The zero-order valence-electron chi connectivity index (χ0n) is 65.0. The smallest absolute Gasteiger partial charge is 0.327 e. The average Bonchev–Trinajstić information content (AvgIpc) is 1.69. The Kier molecular flexibility index (Phi) is 39.5. The number of carbonyl (C=O) groups excluding carboxylic acids is 13. The Labute approximate surface area is 686 Å². The highest BCUT2D eigenvalue weighted by molar-refractivity contribution is 7.80. The zero-order chi connectivity index (χ0) is 85.7. The fraction of sp³-hybridized carbons (Fsp3) is 0.449. The maximum Gasteiger partial charge on any atom is 0.327 e. The Bertz CT molecular complexity index is 4260. The minimum absolute atomic E-state index is 0.00192. The number of hydrogen-bond acceptors (Lipinski definition) is 23. The van der Waals surface area contributed by atoms with Gasteiger partial charge in [0.1, 0.15) is 72.5 Å². The first kappa shape index (κ1) is 94.5. The SMILES string of the molecule is C[C@H](N)C(=O)NCC(=O)N[C@@H](CS)C(=O)N[C@@H](CCCCN)C(=O)N[C@@H](Cc1c[nH]cn1)C(=O)N[C@@H](Cc1ccccc1)C(=O)N[C@@H](Cc1ccccc1)C(=O)N[C@@H](Cc1c[nH]c2ccccc12)C(=O)N[C@@H](CCCCN)C(=O)N[C@H](C(=O)N[C@@H](Cc1ccccc1)C(=O)N[C@H](C(=O)N[C@@H](CO)C(=O)N[C@@H](CS)C(=O)O)[C@@H](C)O)[C@@H](C)O. The predicted octanol–water partition coefficient (Wildman–Crippen LogP) is -4.36. The first-order valence-electron chi connectivity index (χ1n) is 38.1. The largest absolute Gasteiger partial charge is 0.480 e. The van der Waals surface area contributed by atoms with Crippen LogP contribution >= 0.6 is 25.3 Å². The number of carboxylic acids is 1. The lowest BCUT2D eigenvalue weighted by Crippen LogP contribution is -2.63. The van der Waals surface area contributed by atoms with Crippen LogP contribution < -0.4 is 86.3 Å². The number of carbonyl (C=O) groups is 14. The third-order valence-electron chi connectivity index (χ3n) is 18.6. The number of fused-ring (bicyclic) bond motifs is 1. The molecule has 4 aromatic carbocycles. The number of amides is 13. The second-order valence-electron chi connectivity index (χ2n) is 28.0. The zero-order valence-corrected chi connectivity index (χ0v) is 66.7. The van der Waals surface area contributed by atoms with Crippen molar-refractivity contribution in [3.63, 3.8) is 0 Å². The van der Waals surface area contributed by atoms with Crippen LogP contribution in [0.15, 0.2) is 134 Å². The summed E-state index contributed by atoms with van der Waals surface area (Å²) in [4.78, 5) is 207. The van der Waals surface area contributed by atoms with Crippen molar-refractivity contribution in [1.82, 2.24) is 84.1 Å². The number of aliphatic hydroxyl groups is 3. The van der Waals surface area contributed by atoms with Crippen molar-refractivity contribution in [3.05, 3.63) is 162 Å². The Morgan fingerprint density at radius 1 is 0.419 bits per heavy atom. The fourth-order valence-electron chi connectivity index (χ4n) is 12.1. The van der Waals surface area contributed by atoms with Crippen LogP contribution in [0.1, 0.15) is 87.2 Å². The van der Waals surface area contributed by atoms with E-state index < -0.39 is 187 Å². The number of para-hydroxylation sites is 1. The van der Waals surface area contributed by atoms with E-state index in [1.807, 2.05) is 0 Å². The number of carboxylic acid groups (broad SMARTS) is 1. The van der Waals surface area contributed by atoms with Crippen LogP contribution in [0.5, 0.6) is 0 Å². The molecule has 0 saturated heterocycles. The lowest BCUT2D eigenvalue weighted by Gasteiger charge is -2.29. The number of unbranched alkanes of at least 4 members (excludes halogenated alkanes) is 2. The second kappa shape index (κ2) is 48.9. The van der Waals surface area contributed by atoms with E-state index in [1.54, 1.807) is 121 Å². The van der Waals surface area contributed by atoms with Gasteiger partial charge in [-0.05, 0) is 101 Å². The van der Waals surface area contributed by atoms with Gasteiger partial charge in [-0.15, -0.1) is 0 Å². The maximum absolute atomic E-state index is 15.5. The molecule has 117 heavy (non-hydrogen) atoms. The van der Waals surface area contributed by atoms with E-state index in [0.29, 0.717) is 52.4 Å². The Hall–Kier alpha value is -11.3. The van der Waals surface area contributed by atoms with Crippen molar-refractivity contribution in [2.45, 2.75) is 182 Å². The minimum atomic E-state index is -1.90. The van der Waals surface area contributed by atoms with Gasteiger partial charge in [0.05, 0.1) is 43.4 Å². The van der Waals surface area contributed by atoms with Gasteiger partial charge in [-0.2, -0.15) is 25.3 Å². The highest BCUT2D eigenvalue weighted by atomic mass is 32.1. The van der Waals surface area contributed by atoms with Crippen LogP contribution in [0.2, 0.25) is 0 Å². The van der Waals surface area contributed by atoms with Crippen LogP contribution in [-0.2, 0) is 99.2 Å². The molecule has 0 spiro atoms. The van der Waals surface area contributed by atoms with Crippen LogP contribution in [0, 0.1) is 0 Å². The number of aliphatic carboxylic acids is 1. The summed E-state index contributed by atoms with van der Waals surface area (Å²) in [5.74, 6) is -14.5. The molecule has 2 heterocycles. The summed E-state index contributed by atoms with van der Waals surface area (Å²) < 4.78 is 0. The Balaban J connectivity index is 1.30. The van der Waals surface area contributed by atoms with Crippen molar-refractivity contribution in [2.24, 2.45) is 17.2 Å². The summed E-state index contributed by atoms with van der Waals surface area (Å²) in [6, 6.07) is 12.1. The van der Waals surface area contributed by atoms with E-state index in [-0.39, 0.29) is 81.7 Å². The Morgan fingerprint density at radius 2 is 0.786 bits per heavy atom. The van der Waals surface area contributed by atoms with Crippen LogP contribution in [-0.4, -0.2) is 247 Å². The summed E-state index contributed by atoms with van der Waals surface area (Å²) >= 11 is 8.15. The number of H-pyrrole nitrogens is 2. The van der Waals surface area contributed by atoms with Crippen molar-refractivity contribution < 1.29 is 87.5 Å². The molecule has 0 unspecified atom stereocenters. The molecule has 25 N–H and O–H groups in total. The molecule has 15 atom stereocenters. The number of nitrogens with zero attached hydrogens (tertiary/aromatic N) is 1. The molecule has 0 bridgehead atoms. The predicted molar refractivity (Wildman–Crippen MR) is 436 cm³/mol. The number of rotatable bonds is 50. The lowest BCUT2D eigenvalue weighted by atomic mass is 10.00. The molecular weight excluding hydrogens is 1560 g/mol. The monoisotopic (exact) mass is 1660 g/mol. The molecular formula is C78H107N19O18S2. The van der Waals surface area contributed by atoms with E-state index in [0.717, 1.165) is 13.8 Å². The number of nitrogens with one attached hydrogen (secondary N) is 15. The normalized spacial score (nSPS) is 15.0. The van der Waals surface area contributed by atoms with Gasteiger partial charge in [0.2, 0.25) is 76.8 Å². The average molecular weight is 1660 g/mol. The summed E-state index contributed by atoms with van der Waals surface area (Å²) in [6.45, 7) is 2.46. The second-order valence-corrected chi connectivity index (χ2v) is 28.7. The molecule has 0 aliphatic rings. The number of nitrogens with two attached hydrogens (primary N) is 3. The molecule has 6 aromatic rings. The molecule has 37 nitrogen and oxygen atoms in total. The van der Waals surface area contributed by atoms with Gasteiger partial charge in [0, 0.05) is 66.9 Å². The summed E-state index contributed by atoms with van der Waals surface area (Å²) in [5, 5.41) is 75.2. The molecule has 13 amide bonds. The molecule has 0 saturated carbocycles. The van der Waals surface area contributed by atoms with Crippen LogP contribution in [0.25, 0.3) is 10.9 Å². The van der Waals surface area contributed by atoms with Gasteiger partial charge >= 0.3 is 5.97 Å². The van der Waals surface area contributed by atoms with Crippen LogP contribution in [0.3, 0.4) is 0 Å². The quantitative estimate of drug-likeness (QED) is 0.0127. The third-order valence-corrected chi connectivity index (χ3v) is 19.4. The molecule has 39 heteroatoms. The van der Waals surface area contributed by atoms with Crippen molar-refractivity contribution in [1.29, 1.82) is 0 Å². The number of aromatic amines is 2. The molecule has 2 aromatic heterocycles. The standard InChI is InChI=1S/C78H107N19O18S2/c1-43(81)66(102)84-38-63(101)86-61(40-116)75(111)88-53(27-15-17-29-79)67(103)92-59(35-50-37-82-42-85-50)72(108)90-55(31-46-19-7-4-8-20-46)69(105)89-56(32-47-21-9-5-10-22-47)70(106)91-58(34-49-36-83-52-26-14-13-25-51(49)52)71(107)87-54(28-16-18-30-80)68(104)96-64(44(2)99)76(112)93-57(33-48-23-11-6-12-24-48)73(109)97-65(45(3)100)77(113)94-60(39-98)74(110)95-62(41-117)78(114)115/h4-14,19-26,36-37,42-45,53-62,64-65,83,98-100,116-117H,15-18,27-35,38-41,79-81H2,1-3H3,(H,82,85)(H,84,102)(H,86,101)(H,87,107)(H,88,111)(H,89,105)(H,90,108)(H,91,106)(H,92,103)(H,93,112)(H,94,113)(H,95,110)(H,96,104)(H,97,109)(H,114,115)/t43-,44+,45+,53-,54-,55-,56-,57-,58-,59-,60-,61-,62-,64-,65-/m0/s1. The van der Waals surface area contributed by atoms with Crippen LogP contribution in [0.4, 0.5) is 0 Å². The first-order valence-corrected chi connectivity index (χ1v) is 39.4. The molecule has 634 valence electrons. The minimum Gasteiger partial charge on any atom is -0.480 e. The first-order chi connectivity index (χ1) is 56.0. The number of aromatic nitrogens is 3. The molecule has 6 rings (SSSR count). The fourth-order valence-corrected chi connectivity index (χ4v) is 12.7. The van der Waals surface area contributed by atoms with Gasteiger partial charge in [-0.3, -0.25) is 62.3 Å². The molecule has 0 aliphatic heterocycles. The van der Waals surface area contributed by atoms with E-state index in [4.69, 9.17) is 17.2 Å². The highest BCUT2D eigenvalue weighted by Crippen LogP contribution is 2.21. The van der Waals surface area contributed by atoms with E-state index in [9.17, 15) is 68.4 Å². The number of imidazole rings is 1. The topological polar surface area (TPSA) is 599 Å².